The van der Waals surface area contributed by atoms with Gasteiger partial charge in [0, 0.05) is 6.20 Å². The molecule has 1 radical (unpaired) electrons. The van der Waals surface area contributed by atoms with Crippen LogP contribution >= 0.6 is 0 Å². The van der Waals surface area contributed by atoms with Gasteiger partial charge >= 0.3 is 24.5 Å². The summed E-state index contributed by atoms with van der Waals surface area (Å²) >= 11 is 0. The van der Waals surface area contributed by atoms with Gasteiger partial charge in [0.25, 0.3) is 0 Å². The summed E-state index contributed by atoms with van der Waals surface area (Å²) in [7, 11) is 0. The normalized spacial score (nSPS) is 7.75. The van der Waals surface area contributed by atoms with E-state index in [2.05, 4.69) is 4.98 Å². The molecule has 0 aliphatic heterocycles. The van der Waals surface area contributed by atoms with E-state index in [1.54, 1.807) is 19.1 Å². The third kappa shape index (κ3) is 3.04. The van der Waals surface area contributed by atoms with Crippen LogP contribution in [0.1, 0.15) is 16.1 Å². The quantitative estimate of drug-likeness (QED) is 0.739. The number of carbonyl (C=O) groups is 1. The topological polar surface area (TPSA) is 78.7 Å². The molecule has 0 aliphatic carbocycles. The fraction of sp³-hybridized carbons (Fsp3) is 0.143. The van der Waals surface area contributed by atoms with Gasteiger partial charge in [-0.1, -0.05) is 6.07 Å². The number of aromatic nitrogens is 1. The van der Waals surface area contributed by atoms with E-state index < -0.39 is 5.97 Å². The van der Waals surface area contributed by atoms with Crippen molar-refractivity contribution < 1.29 is 33.9 Å². The zero-order chi connectivity index (χ0) is 7.56. The monoisotopic (exact) mass is 204 g/mol. The second-order valence-corrected chi connectivity index (χ2v) is 1.97. The van der Waals surface area contributed by atoms with Gasteiger partial charge in [0.1, 0.15) is 0 Å². The van der Waals surface area contributed by atoms with Crippen LogP contribution < -0.4 is 0 Å². The van der Waals surface area contributed by atoms with Gasteiger partial charge in [0.05, 0.1) is 0 Å². The molecule has 0 saturated heterocycles. The fourth-order valence-electron chi connectivity index (χ4n) is 0.710. The average molecular weight is 204 g/mol. The van der Waals surface area contributed by atoms with Gasteiger partial charge in [-0.25, -0.2) is 9.78 Å². The van der Waals surface area contributed by atoms with Crippen LogP contribution in [0.4, 0.5) is 0 Å². The number of hydrogen-bond donors (Lipinski definition) is 1. The number of rotatable bonds is 1. The van der Waals surface area contributed by atoms with Gasteiger partial charge in [0.2, 0.25) is 0 Å². The Bertz CT molecular complexity index is 265. The molecule has 0 spiro atoms. The van der Waals surface area contributed by atoms with Gasteiger partial charge in [-0.3, -0.25) is 0 Å². The van der Waals surface area contributed by atoms with Gasteiger partial charge in [0.15, 0.2) is 5.69 Å². The fourth-order valence-corrected chi connectivity index (χ4v) is 0.710. The number of hydrogen-bond acceptors (Lipinski definition) is 2. The third-order valence-corrected chi connectivity index (χ3v) is 1.21. The molecule has 0 bridgehead atoms. The SMILES string of the molecule is Cc1cccnc1C(=O)O.[O-2].[V+4]. The number of pyridine rings is 1. The Balaban J connectivity index is 0. The second kappa shape index (κ2) is 5.77. The summed E-state index contributed by atoms with van der Waals surface area (Å²) in [5.74, 6) is -0.974. The van der Waals surface area contributed by atoms with Gasteiger partial charge in [-0.15, -0.1) is 0 Å². The first-order valence-electron chi connectivity index (χ1n) is 2.86. The summed E-state index contributed by atoms with van der Waals surface area (Å²) in [6.07, 6.45) is 1.47. The molecule has 0 amide bonds. The summed E-state index contributed by atoms with van der Waals surface area (Å²) in [6, 6.07) is 3.43. The average Bonchev–Trinajstić information content (AvgIpc) is 1.88. The molecule has 0 atom stereocenters. The van der Waals surface area contributed by atoms with E-state index in [1.165, 1.54) is 6.20 Å². The molecule has 0 aromatic carbocycles. The molecule has 1 aromatic heterocycles. The van der Waals surface area contributed by atoms with Crippen molar-refractivity contribution >= 4 is 5.97 Å². The molecule has 4 nitrogen and oxygen atoms in total. The van der Waals surface area contributed by atoms with Crippen molar-refractivity contribution in [2.75, 3.05) is 0 Å². The van der Waals surface area contributed by atoms with Crippen LogP contribution in [0, 0.1) is 6.92 Å². The van der Waals surface area contributed by atoms with E-state index in [0.717, 1.165) is 0 Å². The first-order chi connectivity index (χ1) is 4.72. The molecule has 0 unspecified atom stereocenters. The molecule has 0 saturated carbocycles. The summed E-state index contributed by atoms with van der Waals surface area (Å²) in [4.78, 5) is 14.0. The number of aryl methyl sites for hydroxylation is 1. The maximum Gasteiger partial charge on any atom is 4.00 e. The van der Waals surface area contributed by atoms with E-state index in [9.17, 15) is 4.79 Å². The molecule has 0 fully saturated rings. The van der Waals surface area contributed by atoms with Gasteiger partial charge in [-0.2, -0.15) is 0 Å². The molecule has 0 aliphatic rings. The molecule has 12 heavy (non-hydrogen) atoms. The van der Waals surface area contributed by atoms with E-state index in [-0.39, 0.29) is 29.7 Å². The number of aromatic carboxylic acids is 1. The zero-order valence-corrected chi connectivity index (χ0v) is 7.79. The Morgan fingerprint density at radius 3 is 2.50 bits per heavy atom. The smallest absolute Gasteiger partial charge is 2.00 e. The molecule has 61 valence electrons. The molecule has 1 aromatic rings. The predicted molar refractivity (Wildman–Crippen MR) is 36.6 cm³/mol. The van der Waals surface area contributed by atoms with Crippen LogP contribution in [0.5, 0.6) is 0 Å². The molecule has 1 heterocycles. The molecule has 5 heteroatoms. The van der Waals surface area contributed by atoms with Gasteiger partial charge in [-0.05, 0) is 18.6 Å². The Kier molecular flexibility index (Phi) is 6.60. The number of nitrogens with zero attached hydrogens (tertiary/aromatic N) is 1. The van der Waals surface area contributed by atoms with Crippen LogP contribution in [0.25, 0.3) is 0 Å². The Labute approximate surface area is 81.8 Å². The molecular weight excluding hydrogens is 197 g/mol. The Hall–Kier alpha value is -0.836. The minimum Gasteiger partial charge on any atom is -2.00 e. The minimum absolute atomic E-state index is 0. The first-order valence-corrected chi connectivity index (χ1v) is 2.86. The van der Waals surface area contributed by atoms with Crippen LogP contribution in [0.3, 0.4) is 0 Å². The number of carboxylic acid groups (broad SMARTS) is 1. The van der Waals surface area contributed by atoms with Crippen LogP contribution in [-0.2, 0) is 24.0 Å². The largest absolute Gasteiger partial charge is 4.00 e. The van der Waals surface area contributed by atoms with E-state index in [0.29, 0.717) is 5.56 Å². The molecule has 1 rings (SSSR count). The summed E-state index contributed by atoms with van der Waals surface area (Å²) in [5, 5.41) is 8.50. The maximum absolute atomic E-state index is 10.4. The van der Waals surface area contributed by atoms with Gasteiger partial charge < -0.3 is 10.6 Å². The van der Waals surface area contributed by atoms with Crippen LogP contribution in [-0.4, -0.2) is 16.1 Å². The van der Waals surface area contributed by atoms with E-state index in [4.69, 9.17) is 5.11 Å². The summed E-state index contributed by atoms with van der Waals surface area (Å²) in [6.45, 7) is 1.72. The van der Waals surface area contributed by atoms with Crippen LogP contribution in [0.15, 0.2) is 18.3 Å². The Morgan fingerprint density at radius 1 is 1.58 bits per heavy atom. The Morgan fingerprint density at radius 2 is 2.17 bits per heavy atom. The van der Waals surface area contributed by atoms with Crippen molar-refractivity contribution in [3.8, 4) is 0 Å². The van der Waals surface area contributed by atoms with Crippen molar-refractivity contribution in [2.24, 2.45) is 0 Å². The number of carboxylic acids is 1. The predicted octanol–water partition coefficient (Wildman–Crippen LogP) is 0.967. The summed E-state index contributed by atoms with van der Waals surface area (Å²) < 4.78 is 0. The second-order valence-electron chi connectivity index (χ2n) is 1.97. The van der Waals surface area contributed by atoms with Crippen molar-refractivity contribution in [1.29, 1.82) is 0 Å². The maximum atomic E-state index is 10.4. The van der Waals surface area contributed by atoms with E-state index >= 15 is 0 Å². The van der Waals surface area contributed by atoms with Crippen molar-refractivity contribution in [1.82, 2.24) is 4.98 Å². The first kappa shape index (κ1) is 13.7. The van der Waals surface area contributed by atoms with Crippen molar-refractivity contribution in [2.45, 2.75) is 6.92 Å². The summed E-state index contributed by atoms with van der Waals surface area (Å²) in [5.41, 5.74) is 0.817. The van der Waals surface area contributed by atoms with Crippen LogP contribution in [0.2, 0.25) is 0 Å². The van der Waals surface area contributed by atoms with E-state index in [1.807, 2.05) is 0 Å². The zero-order valence-electron chi connectivity index (χ0n) is 6.39. The third-order valence-electron chi connectivity index (χ3n) is 1.21. The standard InChI is InChI=1S/C7H7NO2.O.V/c1-5-3-2-4-8-6(5)7(9)10;;/h2-4H,1H3,(H,9,10);;/q;-2;+4. The minimum atomic E-state index is -0.974. The van der Waals surface area contributed by atoms with Crippen molar-refractivity contribution in [3.63, 3.8) is 0 Å². The molecular formula is C7H7NO3V+2. The van der Waals surface area contributed by atoms with Crippen molar-refractivity contribution in [3.05, 3.63) is 29.6 Å². The molecule has 1 N–H and O–H groups in total.